The van der Waals surface area contributed by atoms with E-state index in [0.29, 0.717) is 0 Å². The second kappa shape index (κ2) is 13.8. The minimum Gasteiger partial charge on any atom is -0.307 e. The maximum Gasteiger partial charge on any atom is 0.145 e. The first kappa shape index (κ1) is 34.0. The highest BCUT2D eigenvalue weighted by Gasteiger charge is 2.21. The molecule has 0 unspecified atom stereocenters. The highest BCUT2D eigenvalue weighted by atomic mass is 15.1. The highest BCUT2D eigenvalue weighted by Crippen LogP contribution is 2.42. The van der Waals surface area contributed by atoms with Crippen LogP contribution in [0.4, 0.5) is 0 Å². The van der Waals surface area contributed by atoms with Crippen LogP contribution in [0.1, 0.15) is 0 Å². The summed E-state index contributed by atoms with van der Waals surface area (Å²) in [5.41, 5.74) is 15.2. The van der Waals surface area contributed by atoms with Crippen molar-refractivity contribution in [1.29, 1.82) is 0 Å². The van der Waals surface area contributed by atoms with Crippen LogP contribution < -0.4 is 0 Å². The number of benzene rings is 9. The van der Waals surface area contributed by atoms with Gasteiger partial charge in [-0.05, 0) is 76.2 Å². The number of hydrogen-bond acceptors (Lipinski definition) is 2. The van der Waals surface area contributed by atoms with Crippen molar-refractivity contribution in [2.24, 2.45) is 0 Å². The molecule has 0 bridgehead atoms. The van der Waals surface area contributed by atoms with Crippen LogP contribution in [0.2, 0.25) is 0 Å². The monoisotopic (exact) mass is 764 g/mol. The predicted octanol–water partition coefficient (Wildman–Crippen LogP) is 14.5. The molecule has 0 saturated heterocycles. The number of pyridine rings is 1. The van der Waals surface area contributed by atoms with Crippen molar-refractivity contribution in [2.45, 2.75) is 0 Å². The third kappa shape index (κ3) is 5.46. The number of para-hydroxylation sites is 3. The lowest BCUT2D eigenvalue weighted by molar-refractivity contribution is 1.10. The standard InChI is InChI=1S/C56H36N4/c1-4-15-37(16-5-1)38-27-30-44(31-28-38)60-51-26-13-12-25-50(51)57-56(60)42-20-14-19-40(35-42)41-29-32-46-49-34-33-48-45-23-10-11-24-47(45)53(39-17-6-2-7-18-39)58-54(48)55(49)59(52(46)36-41)43-21-8-3-9-22-43/h1-36H. The van der Waals surface area contributed by atoms with Gasteiger partial charge in [0.2, 0.25) is 0 Å². The zero-order valence-electron chi connectivity index (χ0n) is 32.6. The van der Waals surface area contributed by atoms with Crippen molar-refractivity contribution >= 4 is 54.5 Å². The van der Waals surface area contributed by atoms with Gasteiger partial charge in [0.15, 0.2) is 0 Å². The van der Waals surface area contributed by atoms with Gasteiger partial charge in [0.25, 0.3) is 0 Å². The van der Waals surface area contributed by atoms with Gasteiger partial charge in [-0.2, -0.15) is 0 Å². The fourth-order valence-corrected chi connectivity index (χ4v) is 9.11. The third-order valence-corrected chi connectivity index (χ3v) is 11.9. The quantitative estimate of drug-likeness (QED) is 0.158. The van der Waals surface area contributed by atoms with Gasteiger partial charge >= 0.3 is 0 Å². The molecule has 0 radical (unpaired) electrons. The van der Waals surface area contributed by atoms with Gasteiger partial charge in [-0.15, -0.1) is 0 Å². The smallest absolute Gasteiger partial charge is 0.145 e. The van der Waals surface area contributed by atoms with E-state index in [9.17, 15) is 0 Å². The van der Waals surface area contributed by atoms with Gasteiger partial charge in [-0.1, -0.05) is 170 Å². The van der Waals surface area contributed by atoms with Gasteiger partial charge in [-0.3, -0.25) is 4.57 Å². The molecule has 4 nitrogen and oxygen atoms in total. The van der Waals surface area contributed by atoms with E-state index < -0.39 is 0 Å². The first-order valence-corrected chi connectivity index (χ1v) is 20.4. The fraction of sp³-hybridized carbons (Fsp3) is 0. The van der Waals surface area contributed by atoms with E-state index in [1.807, 2.05) is 0 Å². The average Bonchev–Trinajstić information content (AvgIpc) is 3.89. The Morgan fingerprint density at radius 3 is 1.67 bits per heavy atom. The lowest BCUT2D eigenvalue weighted by Gasteiger charge is -2.14. The molecular weight excluding hydrogens is 729 g/mol. The second-order valence-electron chi connectivity index (χ2n) is 15.4. The Balaban J connectivity index is 1.05. The van der Waals surface area contributed by atoms with Crippen molar-refractivity contribution < 1.29 is 0 Å². The lowest BCUT2D eigenvalue weighted by atomic mass is 9.98. The molecule has 4 heteroatoms. The Hall–Kier alpha value is -8.08. The van der Waals surface area contributed by atoms with E-state index in [4.69, 9.17) is 9.97 Å². The largest absolute Gasteiger partial charge is 0.307 e. The fourth-order valence-electron chi connectivity index (χ4n) is 9.11. The molecule has 0 saturated carbocycles. The molecule has 0 atom stereocenters. The average molecular weight is 765 g/mol. The van der Waals surface area contributed by atoms with Gasteiger partial charge in [-0.25, -0.2) is 9.97 Å². The number of aromatic nitrogens is 4. The van der Waals surface area contributed by atoms with Crippen LogP contribution in [-0.2, 0) is 0 Å². The summed E-state index contributed by atoms with van der Waals surface area (Å²) in [6.07, 6.45) is 0. The first-order chi connectivity index (χ1) is 29.8. The molecule has 9 aromatic carbocycles. The lowest BCUT2D eigenvalue weighted by Crippen LogP contribution is -1.98. The molecule has 12 aromatic rings. The van der Waals surface area contributed by atoms with Crippen LogP contribution in [0.15, 0.2) is 218 Å². The number of hydrogen-bond donors (Lipinski definition) is 0. The topological polar surface area (TPSA) is 35.6 Å². The second-order valence-corrected chi connectivity index (χ2v) is 15.4. The third-order valence-electron chi connectivity index (χ3n) is 11.9. The molecule has 0 aliphatic rings. The maximum absolute atomic E-state index is 5.55. The summed E-state index contributed by atoms with van der Waals surface area (Å²) in [4.78, 5) is 10.8. The minimum atomic E-state index is 0.906. The molecule has 12 rings (SSSR count). The Morgan fingerprint density at radius 1 is 0.300 bits per heavy atom. The van der Waals surface area contributed by atoms with Crippen LogP contribution in [0.25, 0.3) is 111 Å². The predicted molar refractivity (Wildman–Crippen MR) is 250 cm³/mol. The first-order valence-electron chi connectivity index (χ1n) is 20.4. The molecule has 60 heavy (non-hydrogen) atoms. The van der Waals surface area contributed by atoms with Crippen LogP contribution in [0, 0.1) is 0 Å². The van der Waals surface area contributed by atoms with E-state index in [2.05, 4.69) is 228 Å². The number of nitrogens with zero attached hydrogens (tertiary/aromatic N) is 4. The molecule has 0 aliphatic heterocycles. The summed E-state index contributed by atoms with van der Waals surface area (Å²) < 4.78 is 4.70. The van der Waals surface area contributed by atoms with Crippen LogP contribution >= 0.6 is 0 Å². The number of fused-ring (bicyclic) bond motifs is 8. The van der Waals surface area contributed by atoms with Crippen LogP contribution in [0.5, 0.6) is 0 Å². The number of imidazole rings is 1. The molecule has 0 spiro atoms. The Labute approximate surface area is 346 Å². The molecule has 0 fully saturated rings. The SMILES string of the molecule is c1ccc(-c2ccc(-n3c(-c4cccc(-c5ccc6c7ccc8c9ccccc9c(-c9ccccc9)nc8c7n(-c7ccccc7)c6c5)c4)nc4ccccc43)cc2)cc1. The molecule has 0 aliphatic carbocycles. The zero-order valence-corrected chi connectivity index (χ0v) is 32.6. The summed E-state index contributed by atoms with van der Waals surface area (Å²) >= 11 is 0. The van der Waals surface area contributed by atoms with E-state index in [1.54, 1.807) is 0 Å². The van der Waals surface area contributed by atoms with Crippen molar-refractivity contribution in [3.05, 3.63) is 218 Å². The van der Waals surface area contributed by atoms with Crippen molar-refractivity contribution in [3.8, 4) is 56.3 Å². The van der Waals surface area contributed by atoms with E-state index in [-0.39, 0.29) is 0 Å². The van der Waals surface area contributed by atoms with Gasteiger partial charge in [0.1, 0.15) is 5.82 Å². The maximum atomic E-state index is 5.55. The normalized spacial score (nSPS) is 11.7. The molecule has 0 amide bonds. The molecule has 0 N–H and O–H groups in total. The molecule has 3 heterocycles. The summed E-state index contributed by atoms with van der Waals surface area (Å²) in [7, 11) is 0. The van der Waals surface area contributed by atoms with Crippen molar-refractivity contribution in [2.75, 3.05) is 0 Å². The zero-order chi connectivity index (χ0) is 39.6. The van der Waals surface area contributed by atoms with Crippen molar-refractivity contribution in [1.82, 2.24) is 19.1 Å². The Morgan fingerprint density at radius 2 is 0.867 bits per heavy atom. The minimum absolute atomic E-state index is 0.906. The van der Waals surface area contributed by atoms with E-state index in [1.165, 1.54) is 27.3 Å². The van der Waals surface area contributed by atoms with Crippen LogP contribution in [-0.4, -0.2) is 19.1 Å². The van der Waals surface area contributed by atoms with E-state index in [0.717, 1.165) is 83.5 Å². The summed E-state index contributed by atoms with van der Waals surface area (Å²) in [5.74, 6) is 0.906. The summed E-state index contributed by atoms with van der Waals surface area (Å²) in [6.45, 7) is 0. The van der Waals surface area contributed by atoms with Crippen LogP contribution in [0.3, 0.4) is 0 Å². The Kier molecular flexibility index (Phi) is 7.82. The molecular formula is C56H36N4. The summed E-state index contributed by atoms with van der Waals surface area (Å²) in [6, 6.07) is 77.9. The summed E-state index contributed by atoms with van der Waals surface area (Å²) in [5, 5.41) is 5.85. The Bertz CT molecular complexity index is 3570. The van der Waals surface area contributed by atoms with Crippen molar-refractivity contribution in [3.63, 3.8) is 0 Å². The van der Waals surface area contributed by atoms with Gasteiger partial charge in [0.05, 0.1) is 33.3 Å². The van der Waals surface area contributed by atoms with E-state index >= 15 is 0 Å². The molecule has 3 aromatic heterocycles. The van der Waals surface area contributed by atoms with Gasteiger partial charge in [0, 0.05) is 44.0 Å². The number of rotatable bonds is 6. The molecule has 280 valence electrons. The van der Waals surface area contributed by atoms with Gasteiger partial charge < -0.3 is 4.57 Å². The highest BCUT2D eigenvalue weighted by molar-refractivity contribution is 6.23.